The molecule has 2 aromatic carbocycles. The molecule has 0 aliphatic heterocycles. The lowest BCUT2D eigenvalue weighted by molar-refractivity contribution is 0.0468. The summed E-state index contributed by atoms with van der Waals surface area (Å²) in [5.74, 6) is -1.17. The van der Waals surface area contributed by atoms with Crippen LogP contribution in [0.15, 0.2) is 63.9 Å². The van der Waals surface area contributed by atoms with Crippen LogP contribution in [0.4, 0.5) is 0 Å². The number of hydrogen-bond acceptors (Lipinski definition) is 7. The maximum absolute atomic E-state index is 12.2. The number of ketones is 1. The van der Waals surface area contributed by atoms with Crippen LogP contribution in [-0.2, 0) is 14.8 Å². The Hall–Kier alpha value is -3.48. The summed E-state index contributed by atoms with van der Waals surface area (Å²) in [6, 6.07) is 15.6. The third-order valence-electron chi connectivity index (χ3n) is 3.96. The molecule has 0 bridgehead atoms. The summed E-state index contributed by atoms with van der Waals surface area (Å²) < 4.78 is 36.8. The van der Waals surface area contributed by atoms with Gasteiger partial charge in [0.25, 0.3) is 0 Å². The zero-order valence-corrected chi connectivity index (χ0v) is 15.9. The van der Waals surface area contributed by atoms with E-state index in [2.05, 4.69) is 4.72 Å². The van der Waals surface area contributed by atoms with Gasteiger partial charge in [-0.3, -0.25) is 4.79 Å². The molecule has 0 atom stereocenters. The number of ether oxygens (including phenoxy) is 1. The van der Waals surface area contributed by atoms with E-state index in [0.717, 1.165) is 5.39 Å². The van der Waals surface area contributed by atoms with Gasteiger partial charge in [-0.15, -0.1) is 0 Å². The minimum atomic E-state index is -3.77. The Labute approximate surface area is 166 Å². The molecule has 29 heavy (non-hydrogen) atoms. The number of furan rings is 1. The summed E-state index contributed by atoms with van der Waals surface area (Å²) in [7, 11) is -3.77. The summed E-state index contributed by atoms with van der Waals surface area (Å²) in [5, 5.41) is 9.23. The van der Waals surface area contributed by atoms with Gasteiger partial charge in [0.05, 0.1) is 16.5 Å². The molecule has 0 unspecified atom stereocenters. The van der Waals surface area contributed by atoms with Crippen molar-refractivity contribution < 1.29 is 27.2 Å². The van der Waals surface area contributed by atoms with Gasteiger partial charge < -0.3 is 9.15 Å². The zero-order valence-electron chi connectivity index (χ0n) is 15.1. The van der Waals surface area contributed by atoms with Crippen molar-refractivity contribution in [3.05, 3.63) is 65.9 Å². The third-order valence-corrected chi connectivity index (χ3v) is 5.44. The van der Waals surface area contributed by atoms with Gasteiger partial charge >= 0.3 is 5.97 Å². The predicted molar refractivity (Wildman–Crippen MR) is 103 cm³/mol. The fourth-order valence-electron chi connectivity index (χ4n) is 2.50. The average molecular weight is 412 g/mol. The fraction of sp³-hybridized carbons (Fsp3) is 0.150. The van der Waals surface area contributed by atoms with E-state index in [9.17, 15) is 18.0 Å². The van der Waals surface area contributed by atoms with E-state index in [0.29, 0.717) is 5.58 Å². The second-order valence-corrected chi connectivity index (χ2v) is 7.75. The van der Waals surface area contributed by atoms with Crippen molar-refractivity contribution in [2.45, 2.75) is 11.3 Å². The van der Waals surface area contributed by atoms with Crippen LogP contribution in [-0.4, -0.2) is 33.3 Å². The Bertz CT molecular complexity index is 1160. The fourth-order valence-corrected chi connectivity index (χ4v) is 3.53. The van der Waals surface area contributed by atoms with Crippen LogP contribution in [0.2, 0.25) is 0 Å². The highest BCUT2D eigenvalue weighted by molar-refractivity contribution is 7.89. The highest BCUT2D eigenvalue weighted by Gasteiger charge is 2.17. The second-order valence-electron chi connectivity index (χ2n) is 5.98. The number of sulfonamides is 1. The second kappa shape index (κ2) is 8.68. The lowest BCUT2D eigenvalue weighted by Crippen LogP contribution is -2.24. The van der Waals surface area contributed by atoms with Crippen LogP contribution < -0.4 is 4.72 Å². The van der Waals surface area contributed by atoms with Crippen molar-refractivity contribution in [1.29, 1.82) is 5.26 Å². The molecule has 3 rings (SSSR count). The molecule has 8 nitrogen and oxygen atoms in total. The van der Waals surface area contributed by atoms with Crippen molar-refractivity contribution >= 4 is 32.7 Å². The minimum absolute atomic E-state index is 0.00741. The van der Waals surface area contributed by atoms with Crippen molar-refractivity contribution in [3.63, 3.8) is 0 Å². The molecule has 3 aromatic rings. The maximum atomic E-state index is 12.2. The van der Waals surface area contributed by atoms with Gasteiger partial charge in [-0.05, 0) is 36.4 Å². The van der Waals surface area contributed by atoms with E-state index in [1.807, 2.05) is 12.1 Å². The molecule has 1 heterocycles. The van der Waals surface area contributed by atoms with E-state index >= 15 is 0 Å². The molecule has 0 saturated heterocycles. The average Bonchev–Trinajstić information content (AvgIpc) is 3.16. The van der Waals surface area contributed by atoms with Gasteiger partial charge in [0.1, 0.15) is 5.58 Å². The number of fused-ring (bicyclic) bond motifs is 1. The van der Waals surface area contributed by atoms with Crippen LogP contribution in [0, 0.1) is 11.3 Å². The van der Waals surface area contributed by atoms with Gasteiger partial charge in [-0.2, -0.15) is 5.26 Å². The molecule has 0 fully saturated rings. The third kappa shape index (κ3) is 4.87. The molecule has 9 heteroatoms. The monoisotopic (exact) mass is 412 g/mol. The first kappa shape index (κ1) is 20.3. The molecule has 0 aliphatic rings. The number of benzene rings is 2. The summed E-state index contributed by atoms with van der Waals surface area (Å²) in [6.45, 7) is -0.513. The summed E-state index contributed by atoms with van der Waals surface area (Å²) >= 11 is 0. The first-order valence-corrected chi connectivity index (χ1v) is 10.0. The lowest BCUT2D eigenvalue weighted by atomic mass is 10.2. The number of nitrogens with one attached hydrogen (secondary N) is 1. The SMILES string of the molecule is N#CCCNS(=O)(=O)c1ccc(C(=O)OCC(=O)c2cc3ccccc3o2)cc1. The number of carbonyl (C=O) groups is 2. The molecular formula is C20H16N2O6S. The van der Waals surface area contributed by atoms with Crippen LogP contribution in [0.1, 0.15) is 27.3 Å². The highest BCUT2D eigenvalue weighted by atomic mass is 32.2. The van der Waals surface area contributed by atoms with Gasteiger partial charge in [-0.25, -0.2) is 17.9 Å². The highest BCUT2D eigenvalue weighted by Crippen LogP contribution is 2.19. The Morgan fingerprint density at radius 2 is 1.83 bits per heavy atom. The summed E-state index contributed by atoms with van der Waals surface area (Å²) in [6.07, 6.45) is 0.0445. The molecule has 0 spiro atoms. The lowest BCUT2D eigenvalue weighted by Gasteiger charge is -2.06. The van der Waals surface area contributed by atoms with Crippen LogP contribution in [0.3, 0.4) is 0 Å². The first-order chi connectivity index (χ1) is 13.9. The number of carbonyl (C=O) groups excluding carboxylic acids is 2. The number of nitrogens with zero attached hydrogens (tertiary/aromatic N) is 1. The van der Waals surface area contributed by atoms with E-state index in [1.165, 1.54) is 24.3 Å². The van der Waals surface area contributed by atoms with Crippen molar-refractivity contribution in [3.8, 4) is 6.07 Å². The van der Waals surface area contributed by atoms with Gasteiger partial charge in [0.15, 0.2) is 12.4 Å². The summed E-state index contributed by atoms with van der Waals surface area (Å²) in [4.78, 5) is 24.2. The molecule has 148 valence electrons. The van der Waals surface area contributed by atoms with Crippen molar-refractivity contribution in [1.82, 2.24) is 4.72 Å². The number of para-hydroxylation sites is 1. The Balaban J connectivity index is 1.60. The zero-order chi connectivity index (χ0) is 20.9. The topological polar surface area (TPSA) is 126 Å². The van der Waals surface area contributed by atoms with E-state index in [4.69, 9.17) is 14.4 Å². The normalized spacial score (nSPS) is 11.1. The molecule has 0 saturated carbocycles. The number of Topliss-reactive ketones (excluding diaryl/α,β-unsaturated/α-hetero) is 1. The van der Waals surface area contributed by atoms with E-state index in [1.54, 1.807) is 24.3 Å². The van der Waals surface area contributed by atoms with Crippen molar-refractivity contribution in [2.75, 3.05) is 13.2 Å². The van der Waals surface area contributed by atoms with E-state index < -0.39 is 28.4 Å². The predicted octanol–water partition coefficient (Wildman–Crippen LogP) is 2.66. The standard InChI is InChI=1S/C20H16N2O6S/c21-10-3-11-22-29(25,26)16-8-6-14(7-9-16)20(24)27-13-17(23)19-12-15-4-1-2-5-18(15)28-19/h1-2,4-9,12,22H,3,11,13H2. The maximum Gasteiger partial charge on any atom is 0.338 e. The van der Waals surface area contributed by atoms with Gasteiger partial charge in [0.2, 0.25) is 15.8 Å². The largest absolute Gasteiger partial charge is 0.454 e. The van der Waals surface area contributed by atoms with Gasteiger partial charge in [0, 0.05) is 18.4 Å². The smallest absolute Gasteiger partial charge is 0.338 e. The number of rotatable bonds is 8. The molecule has 0 radical (unpaired) electrons. The Morgan fingerprint density at radius 3 is 2.52 bits per heavy atom. The van der Waals surface area contributed by atoms with Crippen molar-refractivity contribution in [2.24, 2.45) is 0 Å². The Kier molecular flexibility index (Phi) is 6.07. The van der Waals surface area contributed by atoms with Crippen LogP contribution in [0.25, 0.3) is 11.0 Å². The molecule has 0 amide bonds. The molecular weight excluding hydrogens is 396 g/mol. The number of esters is 1. The molecule has 1 aromatic heterocycles. The van der Waals surface area contributed by atoms with E-state index in [-0.39, 0.29) is 29.2 Å². The van der Waals surface area contributed by atoms with Gasteiger partial charge in [-0.1, -0.05) is 18.2 Å². The quantitative estimate of drug-likeness (QED) is 0.342. The Morgan fingerprint density at radius 1 is 1.10 bits per heavy atom. The number of nitriles is 1. The summed E-state index contributed by atoms with van der Waals surface area (Å²) in [5.41, 5.74) is 0.653. The molecule has 1 N–H and O–H groups in total. The first-order valence-electron chi connectivity index (χ1n) is 8.56. The minimum Gasteiger partial charge on any atom is -0.454 e. The van der Waals surface area contributed by atoms with Crippen LogP contribution >= 0.6 is 0 Å². The van der Waals surface area contributed by atoms with Crippen LogP contribution in [0.5, 0.6) is 0 Å². The molecule has 0 aliphatic carbocycles. The number of hydrogen-bond donors (Lipinski definition) is 1.